The Morgan fingerprint density at radius 3 is 1.50 bits per heavy atom. The number of fused-ring (bicyclic) bond motifs is 12. The van der Waals surface area contributed by atoms with E-state index in [0.29, 0.717) is 0 Å². The molecule has 2 heterocycles. The molecule has 0 radical (unpaired) electrons. The molecule has 2 aromatic heterocycles. The Kier molecular flexibility index (Phi) is 6.48. The van der Waals surface area contributed by atoms with Gasteiger partial charge in [-0.1, -0.05) is 158 Å². The Hall–Kier alpha value is -6.32. The van der Waals surface area contributed by atoms with E-state index >= 15 is 0 Å². The van der Waals surface area contributed by atoms with Crippen molar-refractivity contribution >= 4 is 106 Å². The van der Waals surface area contributed by atoms with Crippen LogP contribution in [0.4, 0.5) is 0 Å². The Bertz CT molecular complexity index is 3430. The van der Waals surface area contributed by atoms with Crippen molar-refractivity contribution in [2.45, 2.75) is 0 Å². The first-order valence-electron chi connectivity index (χ1n) is 18.5. The van der Waals surface area contributed by atoms with Crippen molar-refractivity contribution in [3.8, 4) is 33.4 Å². The first-order chi connectivity index (χ1) is 26.8. The van der Waals surface area contributed by atoms with Gasteiger partial charge in [0, 0.05) is 40.3 Å². The summed E-state index contributed by atoms with van der Waals surface area (Å²) in [5, 5.41) is 15.7. The third-order valence-electron chi connectivity index (χ3n) is 11.4. The third kappa shape index (κ3) is 4.42. The Morgan fingerprint density at radius 1 is 0.259 bits per heavy atom. The van der Waals surface area contributed by atoms with E-state index in [2.05, 4.69) is 182 Å². The van der Waals surface area contributed by atoms with Gasteiger partial charge in [0.1, 0.15) is 0 Å². The number of rotatable bonds is 3. The normalized spacial score (nSPS) is 12.1. The lowest BCUT2D eigenvalue weighted by molar-refractivity contribution is 1.64. The Morgan fingerprint density at radius 2 is 0.778 bits per heavy atom. The minimum absolute atomic E-state index is 1.24. The van der Waals surface area contributed by atoms with Crippen molar-refractivity contribution in [2.75, 3.05) is 0 Å². The Balaban J connectivity index is 1.05. The highest BCUT2D eigenvalue weighted by molar-refractivity contribution is 7.30. The van der Waals surface area contributed by atoms with Crippen LogP contribution >= 0.6 is 22.7 Å². The molecule has 0 aliphatic heterocycles. The van der Waals surface area contributed by atoms with Gasteiger partial charge < -0.3 is 0 Å². The number of hydrogen-bond acceptors (Lipinski definition) is 2. The topological polar surface area (TPSA) is 0 Å². The SMILES string of the molecule is c1ccc(-c2ccc3cc(-c4c5ccccc5c(-c5ccc6c(c5)sc5ccc7c8ccc9ccccc9c8sc7c56)c5ccccc45)ccc3c2)cc1. The van der Waals surface area contributed by atoms with Crippen LogP contribution in [0.2, 0.25) is 0 Å². The maximum atomic E-state index is 2.45. The standard InChI is InChI=1S/C52H30S2/c1-2-10-31(11-3-1)33-18-19-35-29-36(21-20-34(35)28-33)48-39-14-6-8-16-41(39)49(42-17-9-7-15-40(42)48)37-23-25-45-47(30-37)53-46-27-26-44-43-24-22-32-12-4-5-13-38(32)51(43)54-52(44)50(45)46/h1-30H. The van der Waals surface area contributed by atoms with Crippen LogP contribution in [0.25, 0.3) is 117 Å². The average molecular weight is 719 g/mol. The van der Waals surface area contributed by atoms with E-state index in [4.69, 9.17) is 0 Å². The molecule has 0 amide bonds. The molecule has 0 nitrogen and oxygen atoms in total. The summed E-state index contributed by atoms with van der Waals surface area (Å²) >= 11 is 3.87. The van der Waals surface area contributed by atoms with Crippen molar-refractivity contribution in [2.24, 2.45) is 0 Å². The summed E-state index contributed by atoms with van der Waals surface area (Å²) in [6, 6.07) is 67.7. The summed E-state index contributed by atoms with van der Waals surface area (Å²) in [5.74, 6) is 0. The number of benzene rings is 10. The summed E-state index contributed by atoms with van der Waals surface area (Å²) in [5.41, 5.74) is 7.59. The van der Waals surface area contributed by atoms with Crippen LogP contribution in [0.3, 0.4) is 0 Å². The molecule has 0 aliphatic rings. The highest BCUT2D eigenvalue weighted by Crippen LogP contribution is 2.49. The molecule has 2 heteroatoms. The Labute approximate surface area is 319 Å². The van der Waals surface area contributed by atoms with Gasteiger partial charge in [0.15, 0.2) is 0 Å². The second-order valence-electron chi connectivity index (χ2n) is 14.4. The third-order valence-corrected chi connectivity index (χ3v) is 13.8. The maximum Gasteiger partial charge on any atom is 0.0448 e. The zero-order chi connectivity index (χ0) is 35.3. The van der Waals surface area contributed by atoms with E-state index in [1.54, 1.807) is 0 Å². The number of thiophene rings is 2. The van der Waals surface area contributed by atoms with E-state index in [0.717, 1.165) is 0 Å². The van der Waals surface area contributed by atoms with Crippen LogP contribution in [0.5, 0.6) is 0 Å². The van der Waals surface area contributed by atoms with E-state index in [-0.39, 0.29) is 0 Å². The summed E-state index contributed by atoms with van der Waals surface area (Å²) in [6.45, 7) is 0. The lowest BCUT2D eigenvalue weighted by Gasteiger charge is -2.18. The highest BCUT2D eigenvalue weighted by atomic mass is 32.1. The average Bonchev–Trinajstić information content (AvgIpc) is 3.81. The van der Waals surface area contributed by atoms with Crippen LogP contribution in [0.15, 0.2) is 182 Å². The van der Waals surface area contributed by atoms with Crippen LogP contribution in [0, 0.1) is 0 Å². The smallest absolute Gasteiger partial charge is 0.0448 e. The molecule has 250 valence electrons. The molecule has 0 atom stereocenters. The molecule has 0 aliphatic carbocycles. The fourth-order valence-electron chi connectivity index (χ4n) is 8.94. The van der Waals surface area contributed by atoms with Crippen molar-refractivity contribution in [1.29, 1.82) is 0 Å². The van der Waals surface area contributed by atoms with Gasteiger partial charge in [-0.25, -0.2) is 0 Å². The van der Waals surface area contributed by atoms with Gasteiger partial charge in [-0.05, 0) is 101 Å². The first kappa shape index (κ1) is 30.2. The molecular weight excluding hydrogens is 689 g/mol. The van der Waals surface area contributed by atoms with Gasteiger partial charge in [-0.2, -0.15) is 0 Å². The van der Waals surface area contributed by atoms with Gasteiger partial charge in [-0.3, -0.25) is 0 Å². The molecule has 12 rings (SSSR count). The van der Waals surface area contributed by atoms with Crippen molar-refractivity contribution in [1.82, 2.24) is 0 Å². The molecule has 12 aromatic rings. The van der Waals surface area contributed by atoms with Gasteiger partial charge in [0.05, 0.1) is 0 Å². The van der Waals surface area contributed by atoms with Gasteiger partial charge in [0.25, 0.3) is 0 Å². The highest BCUT2D eigenvalue weighted by Gasteiger charge is 2.19. The summed E-state index contributed by atoms with van der Waals surface area (Å²) in [7, 11) is 0. The number of hydrogen-bond donors (Lipinski definition) is 0. The van der Waals surface area contributed by atoms with Crippen LogP contribution in [-0.4, -0.2) is 0 Å². The van der Waals surface area contributed by atoms with Gasteiger partial charge >= 0.3 is 0 Å². The van der Waals surface area contributed by atoms with E-state index in [9.17, 15) is 0 Å². The zero-order valence-electron chi connectivity index (χ0n) is 29.1. The largest absolute Gasteiger partial charge is 0.135 e. The zero-order valence-corrected chi connectivity index (χ0v) is 30.8. The second-order valence-corrected chi connectivity index (χ2v) is 16.5. The molecule has 0 saturated heterocycles. The lowest BCUT2D eigenvalue weighted by Crippen LogP contribution is -1.91. The molecule has 0 saturated carbocycles. The predicted octanol–water partition coefficient (Wildman–Crippen LogP) is 16.0. The molecular formula is C52H30S2. The fraction of sp³-hybridized carbons (Fsp3) is 0. The minimum Gasteiger partial charge on any atom is -0.135 e. The molecule has 0 spiro atoms. The molecule has 54 heavy (non-hydrogen) atoms. The molecule has 0 fully saturated rings. The van der Waals surface area contributed by atoms with Crippen LogP contribution in [0.1, 0.15) is 0 Å². The quantitative estimate of drug-likeness (QED) is 0.160. The van der Waals surface area contributed by atoms with Crippen LogP contribution in [-0.2, 0) is 0 Å². The predicted molar refractivity (Wildman–Crippen MR) is 239 cm³/mol. The van der Waals surface area contributed by atoms with Crippen LogP contribution < -0.4 is 0 Å². The van der Waals surface area contributed by atoms with E-state index < -0.39 is 0 Å². The molecule has 10 aromatic carbocycles. The van der Waals surface area contributed by atoms with E-state index in [1.807, 2.05) is 22.7 Å². The molecule has 0 bridgehead atoms. The monoisotopic (exact) mass is 718 g/mol. The lowest BCUT2D eigenvalue weighted by atomic mass is 9.85. The second kappa shape index (κ2) is 11.6. The molecule has 0 unspecified atom stereocenters. The first-order valence-corrected chi connectivity index (χ1v) is 20.1. The van der Waals surface area contributed by atoms with Gasteiger partial charge in [0.2, 0.25) is 0 Å². The summed E-state index contributed by atoms with van der Waals surface area (Å²) in [6.07, 6.45) is 0. The summed E-state index contributed by atoms with van der Waals surface area (Å²) in [4.78, 5) is 0. The maximum absolute atomic E-state index is 2.45. The summed E-state index contributed by atoms with van der Waals surface area (Å²) < 4.78 is 5.46. The fourth-order valence-corrected chi connectivity index (χ4v) is 11.6. The van der Waals surface area contributed by atoms with Gasteiger partial charge in [-0.15, -0.1) is 22.7 Å². The minimum atomic E-state index is 1.24. The van der Waals surface area contributed by atoms with E-state index in [1.165, 1.54) is 117 Å². The van der Waals surface area contributed by atoms with Crippen molar-refractivity contribution in [3.63, 3.8) is 0 Å². The van der Waals surface area contributed by atoms with Crippen molar-refractivity contribution in [3.05, 3.63) is 182 Å². The van der Waals surface area contributed by atoms with Crippen molar-refractivity contribution < 1.29 is 0 Å². The molecule has 0 N–H and O–H groups in total.